The average molecular weight is 332 g/mol. The van der Waals surface area contributed by atoms with Crippen LogP contribution in [0, 0.1) is 0 Å². The third-order valence-electron chi connectivity index (χ3n) is 2.89. The maximum Gasteiger partial charge on any atom is 0.410 e. The number of hydrogen-bond donors (Lipinski definition) is 1. The van der Waals surface area contributed by atoms with E-state index in [4.69, 9.17) is 4.74 Å². The highest BCUT2D eigenvalue weighted by atomic mass is 79.9. The second-order valence-electron chi connectivity index (χ2n) is 5.83. The molecule has 0 aliphatic carbocycles. The van der Waals surface area contributed by atoms with Gasteiger partial charge in [-0.05, 0) is 36.7 Å². The summed E-state index contributed by atoms with van der Waals surface area (Å²) in [5, 5.41) is 14.6. The van der Waals surface area contributed by atoms with Gasteiger partial charge in [0.25, 0.3) is 0 Å². The van der Waals surface area contributed by atoms with Crippen molar-refractivity contribution in [3.63, 3.8) is 0 Å². The van der Waals surface area contributed by atoms with E-state index in [-0.39, 0.29) is 13.1 Å². The van der Waals surface area contributed by atoms with E-state index in [2.05, 4.69) is 21.0 Å². The van der Waals surface area contributed by atoms with E-state index >= 15 is 0 Å². The van der Waals surface area contributed by atoms with Crippen LogP contribution in [0.4, 0.5) is 4.79 Å². The first kappa shape index (κ1) is 14.3. The summed E-state index contributed by atoms with van der Waals surface area (Å²) in [6, 6.07) is 0. The Balaban J connectivity index is 2.04. The normalized spacial score (nSPS) is 18.1. The molecule has 0 unspecified atom stereocenters. The summed E-state index contributed by atoms with van der Waals surface area (Å²) in [4.78, 5) is 13.3. The summed E-state index contributed by atoms with van der Waals surface area (Å²) in [5.41, 5.74) is -0.925. The number of aliphatic hydroxyl groups is 1. The summed E-state index contributed by atoms with van der Waals surface area (Å²) in [6.07, 6.45) is 1.22. The molecule has 2 rings (SSSR count). The zero-order valence-electron chi connectivity index (χ0n) is 11.5. The van der Waals surface area contributed by atoms with Crippen LogP contribution in [-0.4, -0.2) is 44.6 Å². The Morgan fingerprint density at radius 2 is 2.11 bits per heavy atom. The largest absolute Gasteiger partial charge is 0.444 e. The second kappa shape index (κ2) is 4.49. The number of carbonyl (C=O) groups excluding carboxylic acids is 1. The number of carbonyl (C=O) groups is 1. The molecular weight excluding hydrogens is 314 g/mol. The molecule has 0 saturated carbocycles. The van der Waals surface area contributed by atoms with Crippen molar-refractivity contribution >= 4 is 22.0 Å². The molecule has 19 heavy (non-hydrogen) atoms. The molecule has 2 heterocycles. The van der Waals surface area contributed by atoms with E-state index < -0.39 is 17.3 Å². The maximum atomic E-state index is 11.8. The molecule has 6 nitrogen and oxygen atoms in total. The third-order valence-corrected chi connectivity index (χ3v) is 3.47. The molecule has 106 valence electrons. The quantitative estimate of drug-likeness (QED) is 0.849. The molecule has 0 radical (unpaired) electrons. The molecule has 1 saturated heterocycles. The van der Waals surface area contributed by atoms with Gasteiger partial charge in [-0.1, -0.05) is 0 Å². The van der Waals surface area contributed by atoms with E-state index in [0.29, 0.717) is 5.69 Å². The van der Waals surface area contributed by atoms with Crippen LogP contribution in [0.3, 0.4) is 0 Å². The van der Waals surface area contributed by atoms with Gasteiger partial charge in [-0.2, -0.15) is 5.10 Å². The van der Waals surface area contributed by atoms with Crippen LogP contribution in [0.2, 0.25) is 0 Å². The minimum absolute atomic E-state index is 0.208. The minimum Gasteiger partial charge on any atom is -0.444 e. The van der Waals surface area contributed by atoms with Gasteiger partial charge in [0.2, 0.25) is 0 Å². The summed E-state index contributed by atoms with van der Waals surface area (Å²) < 4.78 is 7.60. The molecular formula is C12H18BrN3O3. The molecule has 1 fully saturated rings. The number of hydrogen-bond acceptors (Lipinski definition) is 4. The fourth-order valence-electron chi connectivity index (χ4n) is 2.12. The minimum atomic E-state index is -1.07. The smallest absolute Gasteiger partial charge is 0.410 e. The zero-order chi connectivity index (χ0) is 14.4. The molecule has 1 aromatic heterocycles. The number of β-amino-alcohol motifs (C(OH)–C–C–N with tert-alkyl or cyclic N) is 1. The number of nitrogens with zero attached hydrogens (tertiary/aromatic N) is 3. The summed E-state index contributed by atoms with van der Waals surface area (Å²) in [5.74, 6) is 0. The molecule has 7 heteroatoms. The second-order valence-corrected chi connectivity index (χ2v) is 6.69. The van der Waals surface area contributed by atoms with Crippen LogP contribution in [-0.2, 0) is 17.4 Å². The summed E-state index contributed by atoms with van der Waals surface area (Å²) >= 11 is 3.36. The number of aryl methyl sites for hydroxylation is 1. The average Bonchev–Trinajstić information content (AvgIpc) is 2.51. The highest BCUT2D eigenvalue weighted by Gasteiger charge is 2.49. The SMILES string of the molecule is Cn1ncc(Br)c1C1(O)CN(C(=O)OC(C)(C)C)C1. The van der Waals surface area contributed by atoms with Crippen molar-refractivity contribution in [2.24, 2.45) is 7.05 Å². The van der Waals surface area contributed by atoms with Crippen LogP contribution < -0.4 is 0 Å². The lowest BCUT2D eigenvalue weighted by molar-refractivity contribution is -0.108. The number of ether oxygens (including phenoxy) is 1. The lowest BCUT2D eigenvalue weighted by atomic mass is 9.91. The molecule has 1 amide bonds. The van der Waals surface area contributed by atoms with Gasteiger partial charge < -0.3 is 14.7 Å². The topological polar surface area (TPSA) is 67.6 Å². The first-order valence-corrected chi connectivity index (χ1v) is 6.80. The summed E-state index contributed by atoms with van der Waals surface area (Å²) in [7, 11) is 1.76. The number of halogens is 1. The number of amides is 1. The molecule has 0 atom stereocenters. The molecule has 0 aromatic carbocycles. The van der Waals surface area contributed by atoms with Gasteiger partial charge in [-0.25, -0.2) is 4.79 Å². The molecule has 0 bridgehead atoms. The molecule has 1 aliphatic rings. The molecule has 1 aliphatic heterocycles. The van der Waals surface area contributed by atoms with E-state index in [9.17, 15) is 9.90 Å². The number of aromatic nitrogens is 2. The highest BCUT2D eigenvalue weighted by Crippen LogP contribution is 2.36. The lowest BCUT2D eigenvalue weighted by Crippen LogP contribution is -2.62. The zero-order valence-corrected chi connectivity index (χ0v) is 13.1. The first-order valence-electron chi connectivity index (χ1n) is 6.01. The Hall–Kier alpha value is -1.08. The number of rotatable bonds is 1. The van der Waals surface area contributed by atoms with Crippen LogP contribution in [0.25, 0.3) is 0 Å². The van der Waals surface area contributed by atoms with Crippen molar-refractivity contribution in [3.8, 4) is 0 Å². The van der Waals surface area contributed by atoms with Crippen molar-refractivity contribution in [1.82, 2.24) is 14.7 Å². The van der Waals surface area contributed by atoms with Crippen molar-refractivity contribution in [2.75, 3.05) is 13.1 Å². The van der Waals surface area contributed by atoms with E-state index in [1.54, 1.807) is 17.9 Å². The van der Waals surface area contributed by atoms with Crippen LogP contribution in [0.15, 0.2) is 10.7 Å². The van der Waals surface area contributed by atoms with E-state index in [1.165, 1.54) is 4.90 Å². The van der Waals surface area contributed by atoms with E-state index in [1.807, 2.05) is 20.8 Å². The van der Waals surface area contributed by atoms with Crippen LogP contribution >= 0.6 is 15.9 Å². The van der Waals surface area contributed by atoms with Gasteiger partial charge in [0.15, 0.2) is 0 Å². The van der Waals surface area contributed by atoms with Crippen LogP contribution in [0.1, 0.15) is 26.5 Å². The van der Waals surface area contributed by atoms with Gasteiger partial charge >= 0.3 is 6.09 Å². The Labute approximate surface area is 120 Å². The summed E-state index contributed by atoms with van der Waals surface area (Å²) in [6.45, 7) is 5.86. The fraction of sp³-hybridized carbons (Fsp3) is 0.667. The maximum absolute atomic E-state index is 11.8. The van der Waals surface area contributed by atoms with Crippen molar-refractivity contribution in [2.45, 2.75) is 32.0 Å². The monoisotopic (exact) mass is 331 g/mol. The van der Waals surface area contributed by atoms with Crippen molar-refractivity contribution in [3.05, 3.63) is 16.4 Å². The Bertz CT molecular complexity index is 481. The Kier molecular flexibility index (Phi) is 3.38. The van der Waals surface area contributed by atoms with Gasteiger partial charge in [0.05, 0.1) is 29.5 Å². The number of likely N-dealkylation sites (tertiary alicyclic amines) is 1. The van der Waals surface area contributed by atoms with Crippen LogP contribution in [0.5, 0.6) is 0 Å². The lowest BCUT2D eigenvalue weighted by Gasteiger charge is -2.46. The van der Waals surface area contributed by atoms with Gasteiger partial charge in [-0.15, -0.1) is 0 Å². The molecule has 0 spiro atoms. The third kappa shape index (κ3) is 2.76. The first-order chi connectivity index (χ1) is 8.62. The highest BCUT2D eigenvalue weighted by molar-refractivity contribution is 9.10. The van der Waals surface area contributed by atoms with Gasteiger partial charge in [-0.3, -0.25) is 4.68 Å². The predicted molar refractivity (Wildman–Crippen MR) is 72.6 cm³/mol. The van der Waals surface area contributed by atoms with Gasteiger partial charge in [0.1, 0.15) is 11.2 Å². The van der Waals surface area contributed by atoms with E-state index in [0.717, 1.165) is 4.47 Å². The molecule has 1 aromatic rings. The van der Waals surface area contributed by atoms with Crippen molar-refractivity contribution < 1.29 is 14.6 Å². The Morgan fingerprint density at radius 3 is 2.53 bits per heavy atom. The molecule has 1 N–H and O–H groups in total. The van der Waals surface area contributed by atoms with Crippen molar-refractivity contribution in [1.29, 1.82) is 0 Å². The standard InChI is InChI=1S/C12H18BrN3O3/c1-11(2,3)19-10(17)16-6-12(18,7-16)9-8(13)5-14-15(9)4/h5,18H,6-7H2,1-4H3. The van der Waals surface area contributed by atoms with Gasteiger partial charge in [0, 0.05) is 7.05 Å². The predicted octanol–water partition coefficient (Wildman–Crippen LogP) is 1.62. The fourth-order valence-corrected chi connectivity index (χ4v) is 2.84. The Morgan fingerprint density at radius 1 is 1.53 bits per heavy atom.